The molecule has 3 aromatic carbocycles. The van der Waals surface area contributed by atoms with Gasteiger partial charge in [0.1, 0.15) is 16.9 Å². The van der Waals surface area contributed by atoms with Crippen molar-refractivity contribution in [1.82, 2.24) is 15.4 Å². The van der Waals surface area contributed by atoms with Crippen LogP contribution in [0.4, 0.5) is 0 Å². The molecule has 1 atom stereocenters. The number of carbonyl (C=O) groups excluding carboxylic acids is 2. The van der Waals surface area contributed by atoms with Gasteiger partial charge in [-0.05, 0) is 53.6 Å². The molecule has 1 unspecified atom stereocenters. The third-order valence-electron chi connectivity index (χ3n) is 5.12. The van der Waals surface area contributed by atoms with E-state index in [2.05, 4.69) is 10.4 Å². The molecule has 4 aromatic rings. The highest BCUT2D eigenvalue weighted by atomic mass is 32.2. The van der Waals surface area contributed by atoms with Crippen LogP contribution in [0.15, 0.2) is 82.0 Å². The summed E-state index contributed by atoms with van der Waals surface area (Å²) in [5.41, 5.74) is 5.16. The number of nitrogens with zero attached hydrogens (tertiary/aromatic N) is 2. The molecule has 5 rings (SSSR count). The highest BCUT2D eigenvalue weighted by molar-refractivity contribution is 8.04. The standard InChI is InChI=1S/C25H19N3O4S3/c29-17-9-5-15(6-10-17)13-21-23(32)28(24(34-21)16-7-11-18(30)12-8-16)27-22(31)14-33-25-26-19-3-1-2-4-20(19)35-25/h1-13,24,29-30H,14H2,(H,27,31)/b21-13-. The summed E-state index contributed by atoms with van der Waals surface area (Å²) in [6.07, 6.45) is 1.72. The predicted molar refractivity (Wildman–Crippen MR) is 140 cm³/mol. The molecule has 10 heteroatoms. The second kappa shape index (κ2) is 10.0. The van der Waals surface area contributed by atoms with Crippen molar-refractivity contribution in [3.8, 4) is 11.5 Å². The molecule has 0 radical (unpaired) electrons. The monoisotopic (exact) mass is 521 g/mol. The van der Waals surface area contributed by atoms with Crippen LogP contribution in [0, 0.1) is 0 Å². The van der Waals surface area contributed by atoms with E-state index in [9.17, 15) is 19.8 Å². The van der Waals surface area contributed by atoms with Crippen molar-refractivity contribution < 1.29 is 19.8 Å². The molecule has 0 bridgehead atoms. The van der Waals surface area contributed by atoms with Crippen molar-refractivity contribution in [3.05, 3.63) is 88.8 Å². The van der Waals surface area contributed by atoms with Gasteiger partial charge in [-0.3, -0.25) is 15.0 Å². The first-order valence-electron chi connectivity index (χ1n) is 10.5. The van der Waals surface area contributed by atoms with Crippen molar-refractivity contribution >= 4 is 63.0 Å². The van der Waals surface area contributed by atoms with Crippen LogP contribution in [0.25, 0.3) is 16.3 Å². The number of hydrogen-bond donors (Lipinski definition) is 3. The molecule has 1 fully saturated rings. The molecule has 0 spiro atoms. The van der Waals surface area contributed by atoms with E-state index in [1.165, 1.54) is 39.9 Å². The minimum atomic E-state index is -0.497. The minimum absolute atomic E-state index is 0.105. The molecule has 2 amide bonds. The fourth-order valence-electron chi connectivity index (χ4n) is 3.44. The van der Waals surface area contributed by atoms with E-state index in [-0.39, 0.29) is 29.1 Å². The van der Waals surface area contributed by atoms with E-state index < -0.39 is 5.37 Å². The zero-order valence-electron chi connectivity index (χ0n) is 18.1. The van der Waals surface area contributed by atoms with E-state index in [0.717, 1.165) is 25.7 Å². The number of rotatable bonds is 6. The number of aromatic nitrogens is 1. The molecule has 1 saturated heterocycles. The van der Waals surface area contributed by atoms with Gasteiger partial charge in [0, 0.05) is 0 Å². The lowest BCUT2D eigenvalue weighted by molar-refractivity contribution is -0.137. The van der Waals surface area contributed by atoms with Crippen molar-refractivity contribution in [2.75, 3.05) is 5.75 Å². The lowest BCUT2D eigenvalue weighted by Crippen LogP contribution is -2.45. The Morgan fingerprint density at radius 1 is 1.03 bits per heavy atom. The Morgan fingerprint density at radius 2 is 1.71 bits per heavy atom. The van der Waals surface area contributed by atoms with Gasteiger partial charge >= 0.3 is 0 Å². The Hall–Kier alpha value is -3.47. The predicted octanol–water partition coefficient (Wildman–Crippen LogP) is 5.15. The molecule has 0 saturated carbocycles. The summed E-state index contributed by atoms with van der Waals surface area (Å²) >= 11 is 4.15. The van der Waals surface area contributed by atoms with Gasteiger partial charge in [0.05, 0.1) is 20.9 Å². The first-order chi connectivity index (χ1) is 17.0. The molecular weight excluding hydrogens is 502 g/mol. The number of thioether (sulfide) groups is 2. The van der Waals surface area contributed by atoms with Gasteiger partial charge in [0.25, 0.3) is 5.91 Å². The number of carbonyl (C=O) groups is 2. The fraction of sp³-hybridized carbons (Fsp3) is 0.0800. The molecule has 3 N–H and O–H groups in total. The van der Waals surface area contributed by atoms with Crippen molar-refractivity contribution in [1.29, 1.82) is 0 Å². The smallest absolute Gasteiger partial charge is 0.280 e. The maximum absolute atomic E-state index is 13.3. The van der Waals surface area contributed by atoms with Gasteiger partial charge in [0.15, 0.2) is 4.34 Å². The summed E-state index contributed by atoms with van der Waals surface area (Å²) in [6, 6.07) is 20.8. The van der Waals surface area contributed by atoms with Crippen molar-refractivity contribution in [3.63, 3.8) is 0 Å². The van der Waals surface area contributed by atoms with Gasteiger partial charge < -0.3 is 10.2 Å². The molecule has 0 aliphatic carbocycles. The van der Waals surface area contributed by atoms with Gasteiger partial charge in [-0.15, -0.1) is 11.3 Å². The van der Waals surface area contributed by atoms with Crippen LogP contribution < -0.4 is 5.43 Å². The van der Waals surface area contributed by atoms with Crippen molar-refractivity contribution in [2.24, 2.45) is 0 Å². The highest BCUT2D eigenvalue weighted by Crippen LogP contribution is 2.45. The molecule has 2 heterocycles. The number of amides is 2. The number of para-hydroxylation sites is 1. The Balaban J connectivity index is 1.34. The third-order valence-corrected chi connectivity index (χ3v) is 8.55. The van der Waals surface area contributed by atoms with E-state index in [1.807, 2.05) is 24.3 Å². The van der Waals surface area contributed by atoms with Crippen LogP contribution in [0.5, 0.6) is 11.5 Å². The quantitative estimate of drug-likeness (QED) is 0.238. The largest absolute Gasteiger partial charge is 0.508 e. The normalized spacial score (nSPS) is 16.8. The minimum Gasteiger partial charge on any atom is -0.508 e. The van der Waals surface area contributed by atoms with Crippen LogP contribution in [0.1, 0.15) is 16.5 Å². The molecule has 1 aromatic heterocycles. The average Bonchev–Trinajstić information content (AvgIpc) is 3.41. The summed E-state index contributed by atoms with van der Waals surface area (Å²) in [5, 5.41) is 20.0. The Morgan fingerprint density at radius 3 is 2.43 bits per heavy atom. The summed E-state index contributed by atoms with van der Waals surface area (Å²) in [5.74, 6) is -0.296. The van der Waals surface area contributed by atoms with Crippen molar-refractivity contribution in [2.45, 2.75) is 9.71 Å². The highest BCUT2D eigenvalue weighted by Gasteiger charge is 2.38. The number of aromatic hydroxyl groups is 2. The fourth-order valence-corrected chi connectivity index (χ4v) is 6.49. The molecule has 7 nitrogen and oxygen atoms in total. The number of phenols is 2. The molecule has 1 aliphatic heterocycles. The molecule has 1 aliphatic rings. The van der Waals surface area contributed by atoms with Crippen LogP contribution in [0.3, 0.4) is 0 Å². The first kappa shape index (κ1) is 23.3. The third kappa shape index (κ3) is 5.29. The van der Waals surface area contributed by atoms with Gasteiger partial charge in [-0.25, -0.2) is 9.99 Å². The van der Waals surface area contributed by atoms with Crippen LogP contribution in [0.2, 0.25) is 0 Å². The number of nitrogens with one attached hydrogen (secondary N) is 1. The van der Waals surface area contributed by atoms with Gasteiger partial charge in [-0.1, -0.05) is 59.9 Å². The van der Waals surface area contributed by atoms with E-state index in [4.69, 9.17) is 0 Å². The van der Waals surface area contributed by atoms with E-state index >= 15 is 0 Å². The molecular formula is C25H19N3O4S3. The maximum Gasteiger partial charge on any atom is 0.280 e. The van der Waals surface area contributed by atoms with Crippen LogP contribution in [-0.4, -0.2) is 37.8 Å². The lowest BCUT2D eigenvalue weighted by atomic mass is 10.2. The van der Waals surface area contributed by atoms with Gasteiger partial charge in [-0.2, -0.15) is 0 Å². The number of hydrazine groups is 1. The average molecular weight is 522 g/mol. The maximum atomic E-state index is 13.3. The second-order valence-electron chi connectivity index (χ2n) is 7.61. The summed E-state index contributed by atoms with van der Waals surface area (Å²) in [4.78, 5) is 31.1. The summed E-state index contributed by atoms with van der Waals surface area (Å²) < 4.78 is 1.84. The van der Waals surface area contributed by atoms with E-state index in [1.54, 1.807) is 54.6 Å². The van der Waals surface area contributed by atoms with Crippen LogP contribution in [-0.2, 0) is 9.59 Å². The number of fused-ring (bicyclic) bond motifs is 1. The zero-order chi connectivity index (χ0) is 24.4. The molecule has 176 valence electrons. The number of hydrogen-bond acceptors (Lipinski definition) is 8. The van der Waals surface area contributed by atoms with Gasteiger partial charge in [0.2, 0.25) is 5.91 Å². The summed E-state index contributed by atoms with van der Waals surface area (Å²) in [7, 11) is 0. The Kier molecular flexibility index (Phi) is 6.67. The first-order valence-corrected chi connectivity index (χ1v) is 13.2. The number of thiazole rings is 1. The van der Waals surface area contributed by atoms with E-state index in [0.29, 0.717) is 4.91 Å². The summed E-state index contributed by atoms with van der Waals surface area (Å²) in [6.45, 7) is 0. The zero-order valence-corrected chi connectivity index (χ0v) is 20.6. The SMILES string of the molecule is O=C(CSc1nc2ccccc2s1)NN1C(=O)/C(=C/c2ccc(O)cc2)SC1c1ccc(O)cc1. The lowest BCUT2D eigenvalue weighted by Gasteiger charge is -2.24. The number of benzene rings is 3. The molecule has 35 heavy (non-hydrogen) atoms. The topological polar surface area (TPSA) is 103 Å². The second-order valence-corrected chi connectivity index (χ2v) is 11.0. The Bertz CT molecular complexity index is 1390. The number of phenolic OH excluding ortho intramolecular Hbond substituents is 2. The van der Waals surface area contributed by atoms with Crippen LogP contribution >= 0.6 is 34.9 Å². The Labute approximate surface area is 213 Å².